The quantitative estimate of drug-likeness (QED) is 0.580. The average Bonchev–Trinajstić information content (AvgIpc) is 3.23. The van der Waals surface area contributed by atoms with E-state index in [2.05, 4.69) is 30.6 Å². The molecule has 0 fully saturated rings. The van der Waals surface area contributed by atoms with Gasteiger partial charge in [-0.3, -0.25) is 9.55 Å². The van der Waals surface area contributed by atoms with Crippen LogP contribution in [0.4, 0.5) is 13.2 Å². The van der Waals surface area contributed by atoms with Gasteiger partial charge in [0.05, 0.1) is 17.6 Å². The molecule has 3 heterocycles. The standard InChI is InChI=1S/C15H10F3N7O/c16-15(17,18)10-3-1-2-8(4-10)9-5-11-13(19-6-9)20-14(26)25(11)7-12-21-23-24-22-12/h1-6H,7H2,(H,19,20,26)(H,21,22,23,24). The fraction of sp³-hybridized carbons (Fsp3) is 0.133. The number of aromatic amines is 2. The van der Waals surface area contributed by atoms with E-state index in [9.17, 15) is 18.0 Å². The van der Waals surface area contributed by atoms with E-state index in [0.717, 1.165) is 12.1 Å². The van der Waals surface area contributed by atoms with Crippen molar-refractivity contribution < 1.29 is 13.2 Å². The highest BCUT2D eigenvalue weighted by molar-refractivity contribution is 5.78. The number of imidazole rings is 1. The number of aromatic nitrogens is 7. The van der Waals surface area contributed by atoms with Gasteiger partial charge >= 0.3 is 11.9 Å². The molecule has 0 atom stereocenters. The fourth-order valence-corrected chi connectivity index (χ4v) is 2.61. The Balaban J connectivity index is 1.82. The van der Waals surface area contributed by atoms with Gasteiger partial charge in [-0.25, -0.2) is 9.78 Å². The van der Waals surface area contributed by atoms with Crippen LogP contribution in [0.2, 0.25) is 0 Å². The van der Waals surface area contributed by atoms with Gasteiger partial charge in [-0.1, -0.05) is 17.3 Å². The number of tetrazole rings is 1. The Bertz CT molecular complexity index is 1130. The molecule has 0 spiro atoms. The molecule has 0 aliphatic carbocycles. The second-order valence-corrected chi connectivity index (χ2v) is 5.51. The summed E-state index contributed by atoms with van der Waals surface area (Å²) in [7, 11) is 0. The van der Waals surface area contributed by atoms with E-state index in [1.165, 1.54) is 16.8 Å². The first-order chi connectivity index (χ1) is 12.4. The molecule has 0 saturated carbocycles. The molecule has 4 rings (SSSR count). The number of H-pyrrole nitrogens is 2. The van der Waals surface area contributed by atoms with Crippen LogP contribution >= 0.6 is 0 Å². The summed E-state index contributed by atoms with van der Waals surface area (Å²) in [5, 5.41) is 13.3. The topological polar surface area (TPSA) is 105 Å². The lowest BCUT2D eigenvalue weighted by Crippen LogP contribution is -2.18. The summed E-state index contributed by atoms with van der Waals surface area (Å²) in [6.07, 6.45) is -3.03. The van der Waals surface area contributed by atoms with Gasteiger partial charge in [0.15, 0.2) is 11.5 Å². The second kappa shape index (κ2) is 5.79. The van der Waals surface area contributed by atoms with Crippen LogP contribution < -0.4 is 5.69 Å². The first kappa shape index (κ1) is 16.0. The number of nitrogens with one attached hydrogen (secondary N) is 2. The average molecular weight is 361 g/mol. The summed E-state index contributed by atoms with van der Waals surface area (Å²) in [5.74, 6) is 0.289. The van der Waals surface area contributed by atoms with Crippen LogP contribution in [0.1, 0.15) is 11.4 Å². The van der Waals surface area contributed by atoms with Gasteiger partial charge in [-0.2, -0.15) is 18.4 Å². The van der Waals surface area contributed by atoms with Gasteiger partial charge in [0.2, 0.25) is 0 Å². The minimum absolute atomic E-state index is 0.0447. The number of halogens is 3. The molecule has 26 heavy (non-hydrogen) atoms. The van der Waals surface area contributed by atoms with Crippen molar-refractivity contribution in [1.82, 2.24) is 35.2 Å². The zero-order valence-electron chi connectivity index (χ0n) is 12.9. The Morgan fingerprint density at radius 3 is 2.73 bits per heavy atom. The van der Waals surface area contributed by atoms with Crippen molar-refractivity contribution in [3.63, 3.8) is 0 Å². The van der Waals surface area contributed by atoms with E-state index in [0.29, 0.717) is 22.3 Å². The molecule has 2 N–H and O–H groups in total. The number of benzene rings is 1. The lowest BCUT2D eigenvalue weighted by Gasteiger charge is -2.09. The van der Waals surface area contributed by atoms with Gasteiger partial charge in [-0.15, -0.1) is 10.2 Å². The molecule has 0 saturated heterocycles. The first-order valence-corrected chi connectivity index (χ1v) is 7.40. The number of pyridine rings is 1. The number of alkyl halides is 3. The Labute approximate surface area is 142 Å². The number of hydrogen-bond donors (Lipinski definition) is 2. The number of rotatable bonds is 3. The van der Waals surface area contributed by atoms with Crippen LogP contribution in [0, 0.1) is 0 Å². The lowest BCUT2D eigenvalue weighted by molar-refractivity contribution is -0.137. The Morgan fingerprint density at radius 1 is 1.15 bits per heavy atom. The molecule has 0 unspecified atom stereocenters. The third-order valence-electron chi connectivity index (χ3n) is 3.84. The molecule has 0 radical (unpaired) electrons. The summed E-state index contributed by atoms with van der Waals surface area (Å²) < 4.78 is 40.1. The van der Waals surface area contributed by atoms with E-state index in [4.69, 9.17) is 0 Å². The van der Waals surface area contributed by atoms with Crippen molar-refractivity contribution in [2.75, 3.05) is 0 Å². The highest BCUT2D eigenvalue weighted by Crippen LogP contribution is 2.32. The van der Waals surface area contributed by atoms with Crippen molar-refractivity contribution in [1.29, 1.82) is 0 Å². The molecule has 3 aromatic heterocycles. The summed E-state index contributed by atoms with van der Waals surface area (Å²) >= 11 is 0. The van der Waals surface area contributed by atoms with Gasteiger partial charge < -0.3 is 0 Å². The van der Waals surface area contributed by atoms with E-state index in [1.54, 1.807) is 12.1 Å². The highest BCUT2D eigenvalue weighted by atomic mass is 19.4. The zero-order chi connectivity index (χ0) is 18.3. The minimum Gasteiger partial charge on any atom is -0.290 e. The Hall–Kier alpha value is -3.50. The largest absolute Gasteiger partial charge is 0.416 e. The summed E-state index contributed by atoms with van der Waals surface area (Å²) in [4.78, 5) is 18.9. The van der Waals surface area contributed by atoms with Crippen molar-refractivity contribution >= 4 is 11.2 Å². The molecule has 0 bridgehead atoms. The molecular formula is C15H10F3N7O. The third kappa shape index (κ3) is 2.83. The molecule has 4 aromatic rings. The van der Waals surface area contributed by atoms with Crippen molar-refractivity contribution in [3.05, 3.63) is 58.4 Å². The zero-order valence-corrected chi connectivity index (χ0v) is 12.9. The molecule has 11 heteroatoms. The number of hydrogen-bond acceptors (Lipinski definition) is 5. The van der Waals surface area contributed by atoms with Crippen molar-refractivity contribution in [2.45, 2.75) is 12.7 Å². The van der Waals surface area contributed by atoms with Crippen LogP contribution in [0.3, 0.4) is 0 Å². The lowest BCUT2D eigenvalue weighted by atomic mass is 10.0. The maximum absolute atomic E-state index is 12.9. The molecule has 0 aliphatic heterocycles. The summed E-state index contributed by atoms with van der Waals surface area (Å²) in [5.41, 5.74) is 0.342. The first-order valence-electron chi connectivity index (χ1n) is 7.40. The van der Waals surface area contributed by atoms with Crippen LogP contribution in [-0.4, -0.2) is 35.2 Å². The predicted octanol–water partition coefficient (Wildman–Crippen LogP) is 1.97. The minimum atomic E-state index is -4.44. The highest BCUT2D eigenvalue weighted by Gasteiger charge is 2.30. The SMILES string of the molecule is O=c1[nH]c2ncc(-c3cccc(C(F)(F)F)c3)cc2n1Cc1nn[nH]n1. The smallest absolute Gasteiger partial charge is 0.290 e. The monoisotopic (exact) mass is 361 g/mol. The normalized spacial score (nSPS) is 12.0. The Kier molecular flexibility index (Phi) is 3.56. The van der Waals surface area contributed by atoms with Gasteiger partial charge in [0, 0.05) is 11.8 Å². The van der Waals surface area contributed by atoms with E-state index >= 15 is 0 Å². The van der Waals surface area contributed by atoms with Crippen molar-refractivity contribution in [3.8, 4) is 11.1 Å². The van der Waals surface area contributed by atoms with Crippen molar-refractivity contribution in [2.24, 2.45) is 0 Å². The molecule has 1 aromatic carbocycles. The molecule has 0 aliphatic rings. The summed E-state index contributed by atoms with van der Waals surface area (Å²) in [6.45, 7) is 0.0447. The molecule has 8 nitrogen and oxygen atoms in total. The number of fused-ring (bicyclic) bond motifs is 1. The maximum Gasteiger partial charge on any atom is 0.416 e. The van der Waals surface area contributed by atoms with Gasteiger partial charge in [0.25, 0.3) is 0 Å². The maximum atomic E-state index is 12.9. The Morgan fingerprint density at radius 2 is 2.00 bits per heavy atom. The van der Waals surface area contributed by atoms with E-state index in [1.807, 2.05) is 0 Å². The van der Waals surface area contributed by atoms with Crippen LogP contribution in [-0.2, 0) is 12.7 Å². The summed E-state index contributed by atoms with van der Waals surface area (Å²) in [6, 6.07) is 6.50. The molecule has 132 valence electrons. The fourth-order valence-electron chi connectivity index (χ4n) is 2.61. The third-order valence-corrected chi connectivity index (χ3v) is 3.84. The van der Waals surface area contributed by atoms with Gasteiger partial charge in [0.1, 0.15) is 0 Å². The van der Waals surface area contributed by atoms with E-state index < -0.39 is 17.4 Å². The predicted molar refractivity (Wildman–Crippen MR) is 84.1 cm³/mol. The van der Waals surface area contributed by atoms with Crippen LogP contribution in [0.25, 0.3) is 22.3 Å². The van der Waals surface area contributed by atoms with Gasteiger partial charge in [-0.05, 0) is 23.8 Å². The number of nitrogens with zero attached hydrogens (tertiary/aromatic N) is 5. The van der Waals surface area contributed by atoms with Crippen LogP contribution in [0.5, 0.6) is 0 Å². The van der Waals surface area contributed by atoms with Crippen LogP contribution in [0.15, 0.2) is 41.3 Å². The molecular weight excluding hydrogens is 351 g/mol. The molecule has 0 amide bonds. The second-order valence-electron chi connectivity index (χ2n) is 5.51. The van der Waals surface area contributed by atoms with E-state index in [-0.39, 0.29) is 12.4 Å².